The Morgan fingerprint density at radius 2 is 1.93 bits per heavy atom. The Balaban J connectivity index is 3.96. The number of nitrogens with one attached hydrogen (secondary N) is 2. The van der Waals surface area contributed by atoms with Crippen LogP contribution >= 0.6 is 0 Å². The minimum atomic E-state index is -0.909. The summed E-state index contributed by atoms with van der Waals surface area (Å²) < 4.78 is 0. The van der Waals surface area contributed by atoms with E-state index < -0.39 is 12.0 Å². The first kappa shape index (κ1) is 13.9. The molecule has 0 aromatic carbocycles. The Hall–Kier alpha value is -1.10. The van der Waals surface area contributed by atoms with Crippen molar-refractivity contribution in [3.63, 3.8) is 0 Å². The largest absolute Gasteiger partial charge is 0.480 e. The Morgan fingerprint density at radius 1 is 1.33 bits per heavy atom. The number of rotatable bonds is 7. The molecule has 0 saturated heterocycles. The molecule has 0 spiro atoms. The third kappa shape index (κ3) is 6.90. The molecule has 0 aliphatic rings. The monoisotopic (exact) mass is 216 g/mol. The molecule has 1 atom stereocenters. The molecule has 0 aliphatic heterocycles. The fraction of sp³-hybridized carbons (Fsp3) is 0.800. The van der Waals surface area contributed by atoms with Gasteiger partial charge in [-0.2, -0.15) is 0 Å². The zero-order valence-corrected chi connectivity index (χ0v) is 9.54. The lowest BCUT2D eigenvalue weighted by atomic mass is 10.0. The van der Waals surface area contributed by atoms with Crippen molar-refractivity contribution >= 4 is 11.9 Å². The van der Waals surface area contributed by atoms with Gasteiger partial charge in [-0.3, -0.25) is 14.9 Å². The summed E-state index contributed by atoms with van der Waals surface area (Å²) in [5.74, 6) is -0.798. The SMILES string of the molecule is CCNC(=O)CNC(CC(C)C)C(=O)O. The average Bonchev–Trinajstić information content (AvgIpc) is 2.11. The van der Waals surface area contributed by atoms with Crippen LogP contribution < -0.4 is 10.6 Å². The molecular formula is C10H20N2O3. The van der Waals surface area contributed by atoms with E-state index in [4.69, 9.17) is 5.11 Å². The van der Waals surface area contributed by atoms with Crippen molar-refractivity contribution in [2.75, 3.05) is 13.1 Å². The second kappa shape index (κ2) is 7.23. The van der Waals surface area contributed by atoms with Crippen molar-refractivity contribution in [2.24, 2.45) is 5.92 Å². The molecule has 15 heavy (non-hydrogen) atoms. The average molecular weight is 216 g/mol. The van der Waals surface area contributed by atoms with Crippen LogP contribution in [0.4, 0.5) is 0 Å². The summed E-state index contributed by atoms with van der Waals surface area (Å²) in [6.45, 7) is 6.33. The van der Waals surface area contributed by atoms with Crippen LogP contribution in [0, 0.1) is 5.92 Å². The van der Waals surface area contributed by atoms with E-state index in [0.29, 0.717) is 13.0 Å². The quantitative estimate of drug-likeness (QED) is 0.568. The van der Waals surface area contributed by atoms with Gasteiger partial charge in [0, 0.05) is 6.54 Å². The molecule has 5 heteroatoms. The molecule has 1 unspecified atom stereocenters. The molecule has 0 bridgehead atoms. The van der Waals surface area contributed by atoms with Gasteiger partial charge in [0.05, 0.1) is 6.54 Å². The van der Waals surface area contributed by atoms with E-state index in [1.54, 1.807) is 0 Å². The van der Waals surface area contributed by atoms with Crippen molar-refractivity contribution in [1.82, 2.24) is 10.6 Å². The number of hydrogen-bond acceptors (Lipinski definition) is 3. The Labute approximate surface area is 90.2 Å². The molecule has 3 N–H and O–H groups in total. The van der Waals surface area contributed by atoms with Gasteiger partial charge in [-0.25, -0.2) is 0 Å². The highest BCUT2D eigenvalue weighted by Gasteiger charge is 2.18. The highest BCUT2D eigenvalue weighted by molar-refractivity contribution is 5.79. The summed E-state index contributed by atoms with van der Waals surface area (Å²) in [5.41, 5.74) is 0. The lowest BCUT2D eigenvalue weighted by Gasteiger charge is -2.15. The Bertz CT molecular complexity index is 217. The van der Waals surface area contributed by atoms with E-state index in [1.165, 1.54) is 0 Å². The van der Waals surface area contributed by atoms with Gasteiger partial charge in [0.1, 0.15) is 6.04 Å². The van der Waals surface area contributed by atoms with Gasteiger partial charge in [0.25, 0.3) is 0 Å². The topological polar surface area (TPSA) is 78.4 Å². The summed E-state index contributed by atoms with van der Waals surface area (Å²) >= 11 is 0. The molecule has 0 fully saturated rings. The number of likely N-dealkylation sites (N-methyl/N-ethyl adjacent to an activating group) is 1. The molecule has 0 rings (SSSR count). The normalized spacial score (nSPS) is 12.5. The van der Waals surface area contributed by atoms with E-state index in [2.05, 4.69) is 10.6 Å². The van der Waals surface area contributed by atoms with E-state index in [1.807, 2.05) is 20.8 Å². The van der Waals surface area contributed by atoms with Gasteiger partial charge in [-0.1, -0.05) is 13.8 Å². The van der Waals surface area contributed by atoms with Gasteiger partial charge in [0.2, 0.25) is 5.91 Å². The minimum Gasteiger partial charge on any atom is -0.480 e. The van der Waals surface area contributed by atoms with E-state index in [9.17, 15) is 9.59 Å². The standard InChI is InChI=1S/C10H20N2O3/c1-4-11-9(13)6-12-8(10(14)15)5-7(2)3/h7-8,12H,4-6H2,1-3H3,(H,11,13)(H,14,15). The molecule has 0 radical (unpaired) electrons. The van der Waals surface area contributed by atoms with Crippen LogP contribution in [-0.4, -0.2) is 36.1 Å². The summed E-state index contributed by atoms with van der Waals surface area (Å²) in [4.78, 5) is 21.9. The number of carboxylic acid groups (broad SMARTS) is 1. The van der Waals surface area contributed by atoms with Gasteiger partial charge >= 0.3 is 5.97 Å². The minimum absolute atomic E-state index is 0.0531. The van der Waals surface area contributed by atoms with Crippen molar-refractivity contribution in [3.05, 3.63) is 0 Å². The highest BCUT2D eigenvalue weighted by Crippen LogP contribution is 2.04. The van der Waals surface area contributed by atoms with Gasteiger partial charge < -0.3 is 10.4 Å². The molecule has 5 nitrogen and oxygen atoms in total. The van der Waals surface area contributed by atoms with E-state index in [-0.39, 0.29) is 18.4 Å². The van der Waals surface area contributed by atoms with Crippen molar-refractivity contribution in [3.8, 4) is 0 Å². The van der Waals surface area contributed by atoms with Crippen LogP contribution in [0.1, 0.15) is 27.2 Å². The van der Waals surface area contributed by atoms with Gasteiger partial charge in [0.15, 0.2) is 0 Å². The molecule has 0 aromatic rings. The molecule has 88 valence electrons. The first-order chi connectivity index (χ1) is 6.97. The van der Waals surface area contributed by atoms with Crippen molar-refractivity contribution in [1.29, 1.82) is 0 Å². The number of carbonyl (C=O) groups excluding carboxylic acids is 1. The van der Waals surface area contributed by atoms with Crippen LogP contribution in [0.2, 0.25) is 0 Å². The predicted octanol–water partition coefficient (Wildman–Crippen LogP) is 0.211. The third-order valence-electron chi connectivity index (χ3n) is 1.89. The number of hydrogen-bond donors (Lipinski definition) is 3. The van der Waals surface area contributed by atoms with Gasteiger partial charge in [-0.15, -0.1) is 0 Å². The lowest BCUT2D eigenvalue weighted by molar-refractivity contribution is -0.140. The maximum atomic E-state index is 11.1. The predicted molar refractivity (Wildman–Crippen MR) is 57.6 cm³/mol. The highest BCUT2D eigenvalue weighted by atomic mass is 16.4. The second-order valence-electron chi connectivity index (χ2n) is 3.85. The third-order valence-corrected chi connectivity index (χ3v) is 1.89. The van der Waals surface area contributed by atoms with Crippen LogP contribution in [0.3, 0.4) is 0 Å². The maximum absolute atomic E-state index is 11.1. The van der Waals surface area contributed by atoms with Crippen molar-refractivity contribution in [2.45, 2.75) is 33.2 Å². The first-order valence-corrected chi connectivity index (χ1v) is 5.20. The number of carbonyl (C=O) groups is 2. The fourth-order valence-corrected chi connectivity index (χ4v) is 1.22. The fourth-order valence-electron chi connectivity index (χ4n) is 1.22. The number of amides is 1. The zero-order valence-electron chi connectivity index (χ0n) is 9.54. The summed E-state index contributed by atoms with van der Waals surface area (Å²) in [6.07, 6.45) is 0.523. The smallest absolute Gasteiger partial charge is 0.320 e. The number of aliphatic carboxylic acids is 1. The van der Waals surface area contributed by atoms with Crippen molar-refractivity contribution < 1.29 is 14.7 Å². The van der Waals surface area contributed by atoms with Crippen LogP contribution in [0.25, 0.3) is 0 Å². The second-order valence-corrected chi connectivity index (χ2v) is 3.85. The molecular weight excluding hydrogens is 196 g/mol. The van der Waals surface area contributed by atoms with E-state index in [0.717, 1.165) is 0 Å². The van der Waals surface area contributed by atoms with Gasteiger partial charge in [-0.05, 0) is 19.3 Å². The summed E-state index contributed by atoms with van der Waals surface area (Å²) in [6, 6.07) is -0.646. The molecule has 0 heterocycles. The maximum Gasteiger partial charge on any atom is 0.320 e. The molecule has 0 aromatic heterocycles. The van der Waals surface area contributed by atoms with Crippen LogP contribution in [0.5, 0.6) is 0 Å². The summed E-state index contributed by atoms with van der Waals surface area (Å²) in [7, 11) is 0. The Kier molecular flexibility index (Phi) is 6.70. The number of carboxylic acids is 1. The van der Waals surface area contributed by atoms with Crippen LogP contribution in [-0.2, 0) is 9.59 Å². The van der Waals surface area contributed by atoms with E-state index >= 15 is 0 Å². The zero-order chi connectivity index (χ0) is 11.8. The molecule has 1 amide bonds. The van der Waals surface area contributed by atoms with Crippen LogP contribution in [0.15, 0.2) is 0 Å². The Morgan fingerprint density at radius 3 is 2.33 bits per heavy atom. The first-order valence-electron chi connectivity index (χ1n) is 5.20. The molecule has 0 aliphatic carbocycles. The lowest BCUT2D eigenvalue weighted by Crippen LogP contribution is -2.43. The molecule has 0 saturated carbocycles. The summed E-state index contributed by atoms with van der Waals surface area (Å²) in [5, 5.41) is 14.2.